The lowest BCUT2D eigenvalue weighted by Gasteiger charge is -2.20. The van der Waals surface area contributed by atoms with Crippen LogP contribution in [0, 0.1) is 17.3 Å². The maximum Gasteiger partial charge on any atom is 0.310 e. The highest BCUT2D eigenvalue weighted by Crippen LogP contribution is 2.59. The van der Waals surface area contributed by atoms with Crippen LogP contribution in [0.4, 0.5) is 0 Å². The number of ether oxygens (including phenoxy) is 2. The van der Waals surface area contributed by atoms with E-state index in [4.69, 9.17) is 9.47 Å². The second-order valence-electron chi connectivity index (χ2n) is 7.58. The molecule has 1 aromatic rings. The molecule has 3 nitrogen and oxygen atoms in total. The van der Waals surface area contributed by atoms with E-state index < -0.39 is 5.60 Å². The molecule has 0 aromatic heterocycles. The third-order valence-electron chi connectivity index (χ3n) is 4.19. The van der Waals surface area contributed by atoms with E-state index in [0.717, 1.165) is 10.0 Å². The van der Waals surface area contributed by atoms with Crippen LogP contribution in [0.2, 0.25) is 0 Å². The molecule has 0 radical (unpaired) electrons. The molecule has 22 heavy (non-hydrogen) atoms. The number of hydrogen-bond acceptors (Lipinski definition) is 3. The summed E-state index contributed by atoms with van der Waals surface area (Å²) in [6.45, 7) is 11.1. The smallest absolute Gasteiger partial charge is 0.310 e. The summed E-state index contributed by atoms with van der Waals surface area (Å²) >= 11 is 3.42. The minimum atomic E-state index is -0.432. The third-order valence-corrected chi connectivity index (χ3v) is 4.72. The summed E-state index contributed by atoms with van der Waals surface area (Å²) in [7, 11) is 0. The Bertz CT molecular complexity index is 528. The zero-order valence-electron chi connectivity index (χ0n) is 14.0. The van der Waals surface area contributed by atoms with E-state index >= 15 is 0 Å². The van der Waals surface area contributed by atoms with Crippen molar-refractivity contribution >= 4 is 21.9 Å². The topological polar surface area (TPSA) is 35.5 Å². The fraction of sp³-hybridized carbons (Fsp3) is 0.611. The van der Waals surface area contributed by atoms with Crippen molar-refractivity contribution in [3.63, 3.8) is 0 Å². The molecule has 1 aromatic carbocycles. The van der Waals surface area contributed by atoms with Gasteiger partial charge in [-0.15, -0.1) is 0 Å². The maximum absolute atomic E-state index is 12.2. The van der Waals surface area contributed by atoms with Crippen LogP contribution in [-0.4, -0.2) is 18.2 Å². The molecule has 2 atom stereocenters. The molecule has 0 saturated heterocycles. The minimum absolute atomic E-state index is 0.0396. The second-order valence-corrected chi connectivity index (χ2v) is 8.50. The number of rotatable bonds is 5. The Labute approximate surface area is 141 Å². The van der Waals surface area contributed by atoms with Crippen molar-refractivity contribution in [2.24, 2.45) is 17.3 Å². The number of carbonyl (C=O) groups excluding carboxylic acids is 1. The molecule has 0 amide bonds. The quantitative estimate of drug-likeness (QED) is 0.713. The molecule has 1 aliphatic carbocycles. The van der Waals surface area contributed by atoms with Crippen LogP contribution in [0.25, 0.3) is 0 Å². The Balaban J connectivity index is 1.83. The SMILES string of the molecule is CC(C)(C)OC(=O)C1C(COCc2ccc(Br)cc2)C1(C)C. The fourth-order valence-corrected chi connectivity index (χ4v) is 3.04. The number of halogens is 1. The monoisotopic (exact) mass is 368 g/mol. The lowest BCUT2D eigenvalue weighted by molar-refractivity contribution is -0.157. The first kappa shape index (κ1) is 17.5. The molecule has 2 unspecified atom stereocenters. The van der Waals surface area contributed by atoms with Crippen molar-refractivity contribution < 1.29 is 14.3 Å². The lowest BCUT2D eigenvalue weighted by Crippen LogP contribution is -2.26. The van der Waals surface area contributed by atoms with Crippen molar-refractivity contribution in [3.8, 4) is 0 Å². The molecule has 1 fully saturated rings. The maximum atomic E-state index is 12.2. The van der Waals surface area contributed by atoms with Gasteiger partial charge in [-0.25, -0.2) is 0 Å². The summed E-state index contributed by atoms with van der Waals surface area (Å²) in [4.78, 5) is 12.2. The van der Waals surface area contributed by atoms with Gasteiger partial charge >= 0.3 is 5.97 Å². The summed E-state index contributed by atoms with van der Waals surface area (Å²) in [5.74, 6) is 0.0733. The van der Waals surface area contributed by atoms with E-state index in [9.17, 15) is 4.79 Å². The van der Waals surface area contributed by atoms with Gasteiger partial charge < -0.3 is 9.47 Å². The van der Waals surface area contributed by atoms with E-state index in [1.54, 1.807) is 0 Å². The molecule has 4 heteroatoms. The van der Waals surface area contributed by atoms with Gasteiger partial charge in [-0.05, 0) is 43.9 Å². The molecule has 0 bridgehead atoms. The summed E-state index contributed by atoms with van der Waals surface area (Å²) in [5, 5.41) is 0. The predicted octanol–water partition coefficient (Wildman–Crippen LogP) is 4.58. The van der Waals surface area contributed by atoms with E-state index in [0.29, 0.717) is 13.2 Å². The van der Waals surface area contributed by atoms with Gasteiger partial charge in [0.2, 0.25) is 0 Å². The Morgan fingerprint density at radius 1 is 1.23 bits per heavy atom. The predicted molar refractivity (Wildman–Crippen MR) is 90.4 cm³/mol. The highest BCUT2D eigenvalue weighted by Gasteiger charge is 2.62. The van der Waals surface area contributed by atoms with Crippen LogP contribution in [0.1, 0.15) is 40.2 Å². The van der Waals surface area contributed by atoms with Crippen LogP contribution in [0.3, 0.4) is 0 Å². The molecule has 1 saturated carbocycles. The molecule has 0 aliphatic heterocycles. The number of esters is 1. The van der Waals surface area contributed by atoms with E-state index in [-0.39, 0.29) is 23.2 Å². The van der Waals surface area contributed by atoms with E-state index in [1.165, 1.54) is 0 Å². The first-order valence-electron chi connectivity index (χ1n) is 7.66. The Morgan fingerprint density at radius 2 is 1.82 bits per heavy atom. The average Bonchev–Trinajstić information content (AvgIpc) is 2.92. The summed E-state index contributed by atoms with van der Waals surface area (Å²) in [6.07, 6.45) is 0. The van der Waals surface area contributed by atoms with Crippen LogP contribution < -0.4 is 0 Å². The van der Waals surface area contributed by atoms with Crippen molar-refractivity contribution in [3.05, 3.63) is 34.3 Å². The van der Waals surface area contributed by atoms with Gasteiger partial charge in [0.15, 0.2) is 0 Å². The highest BCUT2D eigenvalue weighted by atomic mass is 79.9. The number of carbonyl (C=O) groups is 1. The van der Waals surface area contributed by atoms with E-state index in [2.05, 4.69) is 29.8 Å². The molecule has 0 spiro atoms. The van der Waals surface area contributed by atoms with Crippen molar-refractivity contribution in [1.29, 1.82) is 0 Å². The zero-order valence-corrected chi connectivity index (χ0v) is 15.6. The lowest BCUT2D eigenvalue weighted by atomic mass is 10.1. The second kappa shape index (κ2) is 6.32. The van der Waals surface area contributed by atoms with Gasteiger partial charge in [-0.2, -0.15) is 0 Å². The molecule has 1 aliphatic rings. The first-order chi connectivity index (χ1) is 10.1. The van der Waals surface area contributed by atoms with Crippen LogP contribution in [0.5, 0.6) is 0 Å². The standard InChI is InChI=1S/C18H25BrO3/c1-17(2,3)22-16(20)15-14(18(15,4)5)11-21-10-12-6-8-13(19)9-7-12/h6-9,14-15H,10-11H2,1-5H3. The van der Waals surface area contributed by atoms with Gasteiger partial charge in [0.05, 0.1) is 19.1 Å². The van der Waals surface area contributed by atoms with Crippen LogP contribution in [0.15, 0.2) is 28.7 Å². The van der Waals surface area contributed by atoms with Crippen molar-refractivity contribution in [2.75, 3.05) is 6.61 Å². The van der Waals surface area contributed by atoms with Gasteiger partial charge in [-0.3, -0.25) is 4.79 Å². The number of hydrogen-bond donors (Lipinski definition) is 0. The Hall–Kier alpha value is -0.870. The molecular formula is C18H25BrO3. The normalized spacial score (nSPS) is 23.2. The van der Waals surface area contributed by atoms with Crippen LogP contribution in [-0.2, 0) is 20.9 Å². The first-order valence-corrected chi connectivity index (χ1v) is 8.45. The Morgan fingerprint density at radius 3 is 2.36 bits per heavy atom. The van der Waals surface area contributed by atoms with Gasteiger partial charge in [0.1, 0.15) is 5.60 Å². The molecule has 0 heterocycles. The van der Waals surface area contributed by atoms with E-state index in [1.807, 2.05) is 45.0 Å². The molecule has 122 valence electrons. The fourth-order valence-electron chi connectivity index (χ4n) is 2.77. The zero-order chi connectivity index (χ0) is 16.5. The van der Waals surface area contributed by atoms with Crippen molar-refractivity contribution in [1.82, 2.24) is 0 Å². The summed E-state index contributed by atoms with van der Waals surface area (Å²) < 4.78 is 12.4. The average molecular weight is 369 g/mol. The molecule has 0 N–H and O–H groups in total. The number of benzene rings is 1. The molecular weight excluding hydrogens is 344 g/mol. The minimum Gasteiger partial charge on any atom is -0.460 e. The summed E-state index contributed by atoms with van der Waals surface area (Å²) in [6, 6.07) is 8.08. The Kier molecular flexibility index (Phi) is 5.03. The van der Waals surface area contributed by atoms with Gasteiger partial charge in [0, 0.05) is 10.4 Å². The third kappa shape index (κ3) is 4.32. The van der Waals surface area contributed by atoms with Crippen molar-refractivity contribution in [2.45, 2.75) is 46.8 Å². The van der Waals surface area contributed by atoms with Gasteiger partial charge in [0.25, 0.3) is 0 Å². The van der Waals surface area contributed by atoms with Crippen LogP contribution >= 0.6 is 15.9 Å². The molecule has 2 rings (SSSR count). The highest BCUT2D eigenvalue weighted by molar-refractivity contribution is 9.10. The summed E-state index contributed by atoms with van der Waals surface area (Å²) in [5.41, 5.74) is 0.663. The largest absolute Gasteiger partial charge is 0.460 e. The van der Waals surface area contributed by atoms with Gasteiger partial charge in [-0.1, -0.05) is 41.9 Å².